The van der Waals surface area contributed by atoms with E-state index in [2.05, 4.69) is 13.8 Å². The number of unbranched alkanes of at least 4 members (excludes halogenated alkanes) is 10. The fourth-order valence-corrected chi connectivity index (χ4v) is 4.60. The molecule has 1 atom stereocenters. The summed E-state index contributed by atoms with van der Waals surface area (Å²) in [6.07, 6.45) is 16.8. The smallest absolute Gasteiger partial charge is 0.136 e. The van der Waals surface area contributed by atoms with Gasteiger partial charge in [0.05, 0.1) is 28.9 Å². The number of ether oxygens (including phenoxy) is 2. The Morgan fingerprint density at radius 2 is 1.21 bits per heavy atom. The van der Waals surface area contributed by atoms with Crippen LogP contribution in [0.2, 0.25) is 0 Å². The van der Waals surface area contributed by atoms with Crippen molar-refractivity contribution in [3.63, 3.8) is 0 Å². The van der Waals surface area contributed by atoms with Crippen LogP contribution in [-0.2, 0) is 10.8 Å². The summed E-state index contributed by atoms with van der Waals surface area (Å²) in [5.41, 5.74) is 0.935. The zero-order valence-electron chi connectivity index (χ0n) is 17.8. The van der Waals surface area contributed by atoms with Crippen LogP contribution < -0.4 is 9.47 Å². The third-order valence-corrected chi connectivity index (χ3v) is 6.40. The van der Waals surface area contributed by atoms with Crippen molar-refractivity contribution < 1.29 is 13.7 Å². The van der Waals surface area contributed by atoms with E-state index in [1.54, 1.807) is 5.41 Å². The highest BCUT2D eigenvalue weighted by Gasteiger charge is 2.22. The predicted molar refractivity (Wildman–Crippen MR) is 120 cm³/mol. The lowest BCUT2D eigenvalue weighted by Gasteiger charge is -2.14. The summed E-state index contributed by atoms with van der Waals surface area (Å²) in [5, 5.41) is 1.74. The van der Waals surface area contributed by atoms with Gasteiger partial charge in [0.25, 0.3) is 0 Å². The maximum Gasteiger partial charge on any atom is 0.136 e. The summed E-state index contributed by atoms with van der Waals surface area (Å²) in [4.78, 5) is 0.784. The summed E-state index contributed by atoms with van der Waals surface area (Å²) in [6.45, 7) is 5.88. The van der Waals surface area contributed by atoms with Crippen LogP contribution >= 0.6 is 0 Å². The van der Waals surface area contributed by atoms with Crippen molar-refractivity contribution >= 4 is 16.9 Å². The van der Waals surface area contributed by atoms with Gasteiger partial charge in [0.2, 0.25) is 0 Å². The van der Waals surface area contributed by atoms with Crippen molar-refractivity contribution in [3.8, 4) is 11.5 Å². The van der Waals surface area contributed by atoms with Crippen molar-refractivity contribution in [1.29, 1.82) is 0 Å². The van der Waals surface area contributed by atoms with Gasteiger partial charge in [-0.05, 0) is 31.1 Å². The third kappa shape index (κ3) is 7.62. The van der Waals surface area contributed by atoms with E-state index in [4.69, 9.17) is 9.47 Å². The summed E-state index contributed by atoms with van der Waals surface area (Å²) in [5.74, 6) is 1.58. The van der Waals surface area contributed by atoms with Gasteiger partial charge in [-0.1, -0.05) is 78.1 Å². The zero-order chi connectivity index (χ0) is 20.0. The Bertz CT molecular complexity index is 625. The van der Waals surface area contributed by atoms with Gasteiger partial charge in [-0.3, -0.25) is 0 Å². The number of benzene rings is 1. The maximum absolute atomic E-state index is 12.4. The van der Waals surface area contributed by atoms with E-state index in [1.807, 2.05) is 18.2 Å². The fourth-order valence-electron chi connectivity index (χ4n) is 3.49. The van der Waals surface area contributed by atoms with Crippen LogP contribution in [0.5, 0.6) is 11.5 Å². The van der Waals surface area contributed by atoms with Gasteiger partial charge in [-0.15, -0.1) is 0 Å². The fraction of sp³-hybridized carbons (Fsp3) is 0.667. The summed E-state index contributed by atoms with van der Waals surface area (Å²) < 4.78 is 24.4. The zero-order valence-corrected chi connectivity index (χ0v) is 18.7. The average molecular weight is 407 g/mol. The molecule has 1 unspecified atom stereocenters. The Kier molecular flexibility index (Phi) is 11.3. The normalized spacial score (nSPS) is 15.0. The van der Waals surface area contributed by atoms with Gasteiger partial charge in [-0.2, -0.15) is 0 Å². The molecule has 2 rings (SSSR count). The molecule has 3 nitrogen and oxygen atoms in total. The monoisotopic (exact) mass is 406 g/mol. The molecule has 0 N–H and O–H groups in total. The van der Waals surface area contributed by atoms with Crippen LogP contribution in [-0.4, -0.2) is 17.4 Å². The quantitative estimate of drug-likeness (QED) is 0.271. The molecule has 0 amide bonds. The van der Waals surface area contributed by atoms with Crippen molar-refractivity contribution in [2.24, 2.45) is 0 Å². The predicted octanol–water partition coefficient (Wildman–Crippen LogP) is 7.26. The molecule has 1 aliphatic rings. The molecule has 0 bridgehead atoms. The minimum Gasteiger partial charge on any atom is -0.493 e. The van der Waals surface area contributed by atoms with Gasteiger partial charge in [0.1, 0.15) is 11.5 Å². The molecule has 0 radical (unpaired) electrons. The molecule has 0 saturated carbocycles. The van der Waals surface area contributed by atoms with Gasteiger partial charge in [0.15, 0.2) is 0 Å². The van der Waals surface area contributed by atoms with E-state index in [0.717, 1.165) is 41.4 Å². The first-order chi connectivity index (χ1) is 13.8. The molecule has 1 aromatic carbocycles. The van der Waals surface area contributed by atoms with Gasteiger partial charge >= 0.3 is 0 Å². The van der Waals surface area contributed by atoms with Crippen LogP contribution in [0.25, 0.3) is 6.08 Å². The van der Waals surface area contributed by atoms with Gasteiger partial charge < -0.3 is 9.47 Å². The number of rotatable bonds is 16. The SMILES string of the molecule is CCCCCCCCOc1ccc(OCCCCCCCC)c2c1C=CS2=O. The lowest BCUT2D eigenvalue weighted by atomic mass is 10.1. The Hall–Kier alpha value is -1.29. The molecule has 0 spiro atoms. The molecule has 28 heavy (non-hydrogen) atoms. The largest absolute Gasteiger partial charge is 0.493 e. The first kappa shape index (κ1) is 23.0. The molecule has 1 aromatic rings. The van der Waals surface area contributed by atoms with Crippen LogP contribution in [0.3, 0.4) is 0 Å². The number of hydrogen-bond acceptors (Lipinski definition) is 3. The lowest BCUT2D eigenvalue weighted by Crippen LogP contribution is -2.03. The maximum atomic E-state index is 12.4. The molecule has 0 saturated heterocycles. The third-order valence-electron chi connectivity index (χ3n) is 5.19. The van der Waals surface area contributed by atoms with Crippen LogP contribution in [0.15, 0.2) is 22.4 Å². The molecule has 158 valence electrons. The van der Waals surface area contributed by atoms with E-state index in [9.17, 15) is 4.21 Å². The molecular formula is C24H38O3S. The van der Waals surface area contributed by atoms with Crippen molar-refractivity contribution in [2.75, 3.05) is 13.2 Å². The van der Waals surface area contributed by atoms with Gasteiger partial charge in [0, 0.05) is 11.0 Å². The highest BCUT2D eigenvalue weighted by atomic mass is 32.2. The minimum atomic E-state index is -1.13. The van der Waals surface area contributed by atoms with Crippen LogP contribution in [0.1, 0.15) is 96.5 Å². The molecule has 4 heteroatoms. The van der Waals surface area contributed by atoms with Crippen molar-refractivity contribution in [2.45, 2.75) is 95.8 Å². The molecule has 1 heterocycles. The van der Waals surface area contributed by atoms with Crippen molar-refractivity contribution in [1.82, 2.24) is 0 Å². The highest BCUT2D eigenvalue weighted by molar-refractivity contribution is 7.88. The first-order valence-corrected chi connectivity index (χ1v) is 12.5. The molecular weight excluding hydrogens is 368 g/mol. The molecule has 1 aliphatic heterocycles. The van der Waals surface area contributed by atoms with Crippen LogP contribution in [0, 0.1) is 0 Å². The van der Waals surface area contributed by atoms with E-state index in [1.165, 1.54) is 64.2 Å². The second-order valence-electron chi connectivity index (χ2n) is 7.64. The standard InChI is InChI=1S/C24H38O3S/c1-3-5-7-9-11-13-18-26-22-15-16-23(24-21(22)17-20-28(24)25)27-19-14-12-10-8-6-4-2/h15-17,20H,3-14,18-19H2,1-2H3. The Morgan fingerprint density at radius 1 is 0.714 bits per heavy atom. The highest BCUT2D eigenvalue weighted by Crippen LogP contribution is 2.39. The second-order valence-corrected chi connectivity index (χ2v) is 8.91. The van der Waals surface area contributed by atoms with E-state index < -0.39 is 10.8 Å². The summed E-state index contributed by atoms with van der Waals surface area (Å²) in [7, 11) is -1.13. The van der Waals surface area contributed by atoms with E-state index >= 15 is 0 Å². The van der Waals surface area contributed by atoms with Gasteiger partial charge in [-0.25, -0.2) is 4.21 Å². The molecule has 0 aliphatic carbocycles. The first-order valence-electron chi connectivity index (χ1n) is 11.3. The molecule has 0 fully saturated rings. The summed E-state index contributed by atoms with van der Waals surface area (Å²) in [6, 6.07) is 3.90. The van der Waals surface area contributed by atoms with Crippen LogP contribution in [0.4, 0.5) is 0 Å². The number of hydrogen-bond donors (Lipinski definition) is 0. The second kappa shape index (κ2) is 13.8. The average Bonchev–Trinajstić information content (AvgIpc) is 3.10. The Morgan fingerprint density at radius 3 is 1.82 bits per heavy atom. The van der Waals surface area contributed by atoms with Crippen molar-refractivity contribution in [3.05, 3.63) is 23.1 Å². The Labute approximate surface area is 174 Å². The lowest BCUT2D eigenvalue weighted by molar-refractivity contribution is 0.289. The van der Waals surface area contributed by atoms with E-state index in [0.29, 0.717) is 6.61 Å². The topological polar surface area (TPSA) is 35.5 Å². The Balaban J connectivity index is 1.79. The number of fused-ring (bicyclic) bond motifs is 1. The summed E-state index contributed by atoms with van der Waals surface area (Å²) >= 11 is 0. The molecule has 0 aromatic heterocycles. The minimum absolute atomic E-state index is 0.688. The van der Waals surface area contributed by atoms with E-state index in [-0.39, 0.29) is 0 Å².